The number of fused-ring (bicyclic) bond motifs is 25. The van der Waals surface area contributed by atoms with Crippen molar-refractivity contribution in [3.05, 3.63) is 380 Å². The Morgan fingerprint density at radius 3 is 0.976 bits per heavy atom. The summed E-state index contributed by atoms with van der Waals surface area (Å²) < 4.78 is 27.2. The molecule has 0 aliphatic heterocycles. The van der Waals surface area contributed by atoms with Gasteiger partial charge in [-0.25, -0.2) is 28.2 Å². The van der Waals surface area contributed by atoms with Crippen LogP contribution in [-0.2, 0) is 56.4 Å². The normalized spacial score (nSPS) is 11.6. The molecular formula is C112H101N14+5. The summed E-state index contributed by atoms with van der Waals surface area (Å²) in [7, 11) is 17.0. The van der Waals surface area contributed by atoms with E-state index < -0.39 is 0 Å². The summed E-state index contributed by atoms with van der Waals surface area (Å²) in [4.78, 5) is 9.40. The van der Waals surface area contributed by atoms with Gasteiger partial charge < -0.3 is 13.7 Å². The van der Waals surface area contributed by atoms with Crippen molar-refractivity contribution in [2.75, 3.05) is 0 Å². The molecule has 614 valence electrons. The lowest BCUT2D eigenvalue weighted by Crippen LogP contribution is -2.34. The van der Waals surface area contributed by atoms with Crippen molar-refractivity contribution in [1.29, 1.82) is 0 Å². The van der Waals surface area contributed by atoms with Gasteiger partial charge in [-0.15, -0.1) is 0 Å². The quantitative estimate of drug-likeness (QED) is 0.123. The number of para-hydroxylation sites is 6. The van der Waals surface area contributed by atoms with E-state index >= 15 is 0 Å². The highest BCUT2D eigenvalue weighted by Crippen LogP contribution is 2.38. The maximum Gasteiger partial charge on any atom is 0.295 e. The zero-order valence-corrected chi connectivity index (χ0v) is 74.1. The van der Waals surface area contributed by atoms with Gasteiger partial charge >= 0.3 is 0 Å². The predicted octanol–water partition coefficient (Wildman–Crippen LogP) is 22.9. The predicted molar refractivity (Wildman–Crippen MR) is 518 cm³/mol. The molecule has 12 aromatic heterocycles. The van der Waals surface area contributed by atoms with Crippen molar-refractivity contribution in [2.24, 2.45) is 56.4 Å². The molecule has 12 heterocycles. The number of aromatic nitrogens is 14. The van der Waals surface area contributed by atoms with Gasteiger partial charge in [0.2, 0.25) is 22.9 Å². The van der Waals surface area contributed by atoms with Crippen LogP contribution in [-0.4, -0.2) is 41.9 Å². The summed E-state index contributed by atoms with van der Waals surface area (Å²) in [6.07, 6.45) is 15.0. The number of benzene rings is 12. The molecule has 12 aromatic carbocycles. The fraction of sp³-hybridized carbons (Fsp3) is 0.134. The Hall–Kier alpha value is -15.4. The molecule has 0 aliphatic carbocycles. The first-order chi connectivity index (χ1) is 61.3. The Balaban J connectivity index is 0.0000000994. The van der Waals surface area contributed by atoms with Gasteiger partial charge in [-0.05, 0) is 148 Å². The molecule has 14 nitrogen and oxygen atoms in total. The van der Waals surface area contributed by atoms with Gasteiger partial charge in [0.05, 0.1) is 66.5 Å². The summed E-state index contributed by atoms with van der Waals surface area (Å²) in [6.45, 7) is 15.3. The van der Waals surface area contributed by atoms with E-state index in [1.54, 1.807) is 0 Å². The van der Waals surface area contributed by atoms with E-state index in [-0.39, 0.29) is 0 Å². The van der Waals surface area contributed by atoms with Gasteiger partial charge in [0.15, 0.2) is 22.9 Å². The van der Waals surface area contributed by atoms with Crippen molar-refractivity contribution in [3.63, 3.8) is 0 Å². The van der Waals surface area contributed by atoms with Crippen LogP contribution < -0.4 is 22.2 Å². The Bertz CT molecular complexity index is 8090. The van der Waals surface area contributed by atoms with Gasteiger partial charge in [-0.1, -0.05) is 224 Å². The molecule has 0 unspecified atom stereocenters. The Morgan fingerprint density at radius 1 is 0.246 bits per heavy atom. The second kappa shape index (κ2) is 31.8. The molecule has 0 N–H and O–H groups in total. The zero-order valence-electron chi connectivity index (χ0n) is 74.1. The smallest absolute Gasteiger partial charge is 0.295 e. The van der Waals surface area contributed by atoms with Crippen LogP contribution in [0, 0.1) is 48.5 Å². The fourth-order valence-corrected chi connectivity index (χ4v) is 19.8. The molecule has 0 saturated heterocycles. The molecule has 126 heavy (non-hydrogen) atoms. The largest absolute Gasteiger partial charge is 0.348 e. The van der Waals surface area contributed by atoms with E-state index in [0.717, 1.165) is 34.1 Å². The average molecular weight is 1640 g/mol. The highest BCUT2D eigenvalue weighted by atomic mass is 15.2. The number of nitrogens with zero attached hydrogens (tertiary/aromatic N) is 14. The van der Waals surface area contributed by atoms with E-state index in [9.17, 15) is 0 Å². The van der Waals surface area contributed by atoms with E-state index in [4.69, 9.17) is 4.98 Å². The van der Waals surface area contributed by atoms with Crippen LogP contribution in [0.4, 0.5) is 0 Å². The highest BCUT2D eigenvalue weighted by molar-refractivity contribution is 6.14. The molecule has 0 atom stereocenters. The third-order valence-electron chi connectivity index (χ3n) is 26.2. The topological polar surface area (TPSA) is 80.6 Å². The van der Waals surface area contributed by atoms with Crippen molar-refractivity contribution in [1.82, 2.24) is 41.9 Å². The van der Waals surface area contributed by atoms with E-state index in [2.05, 4.69) is 479 Å². The zero-order chi connectivity index (χ0) is 86.6. The fourth-order valence-electron chi connectivity index (χ4n) is 19.8. The van der Waals surface area contributed by atoms with Crippen molar-refractivity contribution in [2.45, 2.75) is 48.5 Å². The summed E-state index contributed by atoms with van der Waals surface area (Å²) in [5.74, 6) is 1.95. The minimum Gasteiger partial charge on any atom is -0.348 e. The number of aryl methyl sites for hydroxylation is 14. The standard InChI is InChI=1S/2C24H21N2.C22H20N3.C21H19N4.C21H20N3/c2*1-16-9-4-5-11-18(16)22-15-26-21-14-7-6-12-19(21)20-13-8-10-17(2)23(20)24(26)25(22)3;1-15-8-6-10-17-16-9-4-5-11-18(16)25-14-20(19-12-7-13-23(19)2)24(3)22(25)21(15)17;1-14-7-6-9-16-15-8-4-5-10-17(15)25-13-18(20-22-11-12-23(20)2)24(3)21(25)19(14)16;1-15-9-4-5-10-16(15)18-13-8-14-20(23(18)2)21-22-17-11-6-7-12-19(17)24(21)3/h2*4-15H,1-3H3;4-14H,1-3H3;4-13H,1-3H3;4-14H,1-3H3/q5*+1. The maximum absolute atomic E-state index is 4.84. The van der Waals surface area contributed by atoms with Crippen LogP contribution in [0.25, 0.3) is 189 Å². The number of hydrogen-bond donors (Lipinski definition) is 0. The minimum atomic E-state index is 0.969. The van der Waals surface area contributed by atoms with Gasteiger partial charge in [0.25, 0.3) is 22.6 Å². The summed E-state index contributed by atoms with van der Waals surface area (Å²) in [5.41, 5.74) is 33.3. The molecule has 0 spiro atoms. The van der Waals surface area contributed by atoms with Gasteiger partial charge in [0.1, 0.15) is 53.9 Å². The molecule has 0 saturated carbocycles. The van der Waals surface area contributed by atoms with Crippen molar-refractivity contribution < 1.29 is 22.2 Å². The SMILES string of the molecule is Cc1cccc2c3ccccc3[n+]3cc(-c4cccn4C)n(C)c3c12.Cc1cccc2c3ccccc3[n+]3cc(-c4nccn4C)n(C)c3c12.Cc1ccccc1-c1c[n+]2c3ccccc3c3cccc(C)c3c2n1C.Cc1ccccc1-c1c[n+]2c3ccccc3c3cccc(C)c3c2n1C.Cc1ccccc1-c1cccc(-c2nc3ccccc3n2C)[n+]1C. The lowest BCUT2D eigenvalue weighted by molar-refractivity contribution is -0.649. The molecule has 24 rings (SSSR count). The van der Waals surface area contributed by atoms with Crippen molar-refractivity contribution >= 4 is 120 Å². The molecule has 24 aromatic rings. The molecule has 14 heteroatoms. The lowest BCUT2D eigenvalue weighted by Gasteiger charge is -2.07. The van der Waals surface area contributed by atoms with Crippen LogP contribution in [0.2, 0.25) is 0 Å². The van der Waals surface area contributed by atoms with E-state index in [1.165, 1.54) is 193 Å². The van der Waals surface area contributed by atoms with Gasteiger partial charge in [-0.2, -0.15) is 22.2 Å². The highest BCUT2D eigenvalue weighted by Gasteiger charge is 2.31. The van der Waals surface area contributed by atoms with E-state index in [1.807, 2.05) is 25.5 Å². The van der Waals surface area contributed by atoms with E-state index in [0.29, 0.717) is 0 Å². The first-order valence-corrected chi connectivity index (χ1v) is 43.3. The number of imidazole rings is 6. The Labute approximate surface area is 732 Å². The third-order valence-corrected chi connectivity index (χ3v) is 26.2. The number of hydrogen-bond acceptors (Lipinski definition) is 2. The first kappa shape index (κ1) is 79.1. The minimum absolute atomic E-state index is 0.969. The Morgan fingerprint density at radius 2 is 0.579 bits per heavy atom. The summed E-state index contributed by atoms with van der Waals surface area (Å²) >= 11 is 0. The van der Waals surface area contributed by atoms with Crippen LogP contribution in [0.15, 0.2) is 341 Å². The van der Waals surface area contributed by atoms with Gasteiger partial charge in [-0.3, -0.25) is 0 Å². The molecule has 0 amide bonds. The Kier molecular flexibility index (Phi) is 20.0. The van der Waals surface area contributed by atoms with Crippen LogP contribution >= 0.6 is 0 Å². The third kappa shape index (κ3) is 13.0. The van der Waals surface area contributed by atoms with Crippen LogP contribution in [0.1, 0.15) is 38.9 Å². The van der Waals surface area contributed by atoms with Crippen molar-refractivity contribution in [3.8, 4) is 68.2 Å². The van der Waals surface area contributed by atoms with Crippen LogP contribution in [0.3, 0.4) is 0 Å². The molecular weight excluding hydrogens is 1540 g/mol. The number of rotatable bonds is 6. The summed E-state index contributed by atoms with van der Waals surface area (Å²) in [5, 5.41) is 15.7. The number of pyridine rings is 5. The average Bonchev–Trinajstić information content (AvgIpc) is 1.54. The first-order valence-electron chi connectivity index (χ1n) is 43.3. The monoisotopic (exact) mass is 1640 g/mol. The van der Waals surface area contributed by atoms with Crippen LogP contribution in [0.5, 0.6) is 0 Å². The van der Waals surface area contributed by atoms with Gasteiger partial charge in [0, 0.05) is 112 Å². The lowest BCUT2D eigenvalue weighted by atomic mass is 10.0. The second-order valence-corrected chi connectivity index (χ2v) is 33.8. The maximum atomic E-state index is 4.84. The molecule has 0 radical (unpaired) electrons. The molecule has 0 bridgehead atoms. The molecule has 0 fully saturated rings. The second-order valence-electron chi connectivity index (χ2n) is 33.8. The molecule has 0 aliphatic rings. The summed E-state index contributed by atoms with van der Waals surface area (Å²) in [6, 6.07) is 106.